The Morgan fingerprint density at radius 2 is 1.80 bits per heavy atom. The fourth-order valence-corrected chi connectivity index (χ4v) is 3.67. The Kier molecular flexibility index (Phi) is 4.35. The van der Waals surface area contributed by atoms with Crippen LogP contribution in [0.2, 0.25) is 0 Å². The Morgan fingerprint density at radius 3 is 2.36 bits per heavy atom. The summed E-state index contributed by atoms with van der Waals surface area (Å²) >= 11 is 1.61. The standard InChI is InChI=1S/C20H25N2O2S/c1-20(2,3)16-8-6-14(7-9-16)15-10-18-21(12-15)17(13-25-18)11-19(23)22(4,5)24/h6-10,12-13,24H,11H2,1-5H3/q+1. The van der Waals surface area contributed by atoms with Crippen molar-refractivity contribution in [3.63, 3.8) is 0 Å². The van der Waals surface area contributed by atoms with Gasteiger partial charge < -0.3 is 4.40 Å². The molecule has 0 saturated heterocycles. The third-order valence-electron chi connectivity index (χ3n) is 4.44. The highest BCUT2D eigenvalue weighted by atomic mass is 32.1. The van der Waals surface area contributed by atoms with Crippen LogP contribution in [0.1, 0.15) is 32.0 Å². The van der Waals surface area contributed by atoms with Crippen molar-refractivity contribution in [2.75, 3.05) is 14.1 Å². The van der Waals surface area contributed by atoms with Gasteiger partial charge in [-0.1, -0.05) is 45.0 Å². The second-order valence-corrected chi connectivity index (χ2v) is 8.85. The summed E-state index contributed by atoms with van der Waals surface area (Å²) in [4.78, 5) is 13.2. The Morgan fingerprint density at radius 1 is 1.16 bits per heavy atom. The maximum Gasteiger partial charge on any atom is 0.351 e. The molecule has 0 bridgehead atoms. The van der Waals surface area contributed by atoms with Crippen LogP contribution in [0, 0.1) is 0 Å². The van der Waals surface area contributed by atoms with Gasteiger partial charge in [0.15, 0.2) is 0 Å². The lowest BCUT2D eigenvalue weighted by atomic mass is 9.86. The second kappa shape index (κ2) is 6.09. The monoisotopic (exact) mass is 357 g/mol. The van der Waals surface area contributed by atoms with Gasteiger partial charge >= 0.3 is 5.91 Å². The zero-order valence-corrected chi connectivity index (χ0v) is 16.2. The zero-order chi connectivity index (χ0) is 18.4. The largest absolute Gasteiger partial charge is 0.351 e. The average molecular weight is 357 g/mol. The van der Waals surface area contributed by atoms with Crippen LogP contribution in [0.15, 0.2) is 41.9 Å². The fourth-order valence-electron chi connectivity index (χ4n) is 2.74. The molecule has 0 fully saturated rings. The third kappa shape index (κ3) is 3.68. The number of amides is 1. The summed E-state index contributed by atoms with van der Waals surface area (Å²) in [6.07, 6.45) is 2.28. The summed E-state index contributed by atoms with van der Waals surface area (Å²) in [6.45, 7) is 6.63. The smallest absolute Gasteiger partial charge is 0.310 e. The van der Waals surface area contributed by atoms with Crippen LogP contribution >= 0.6 is 11.3 Å². The fraction of sp³-hybridized carbons (Fsp3) is 0.350. The van der Waals surface area contributed by atoms with Crippen molar-refractivity contribution in [1.82, 2.24) is 4.40 Å². The first-order chi connectivity index (χ1) is 11.6. The van der Waals surface area contributed by atoms with Crippen molar-refractivity contribution in [2.45, 2.75) is 32.6 Å². The molecule has 4 nitrogen and oxygen atoms in total. The highest BCUT2D eigenvalue weighted by molar-refractivity contribution is 7.15. The van der Waals surface area contributed by atoms with Crippen LogP contribution in [0.3, 0.4) is 0 Å². The van der Waals surface area contributed by atoms with Crippen molar-refractivity contribution in [2.24, 2.45) is 0 Å². The molecule has 0 saturated carbocycles. The highest BCUT2D eigenvalue weighted by Crippen LogP contribution is 2.30. The molecule has 1 amide bonds. The van der Waals surface area contributed by atoms with Gasteiger partial charge in [0.1, 0.15) is 20.5 Å². The number of carbonyl (C=O) groups is 1. The molecular weight excluding hydrogens is 332 g/mol. The van der Waals surface area contributed by atoms with E-state index < -0.39 is 4.65 Å². The molecule has 1 N–H and O–H groups in total. The number of fused-ring (bicyclic) bond motifs is 1. The van der Waals surface area contributed by atoms with Crippen molar-refractivity contribution in [3.05, 3.63) is 53.2 Å². The number of carbonyl (C=O) groups excluding carboxylic acids is 1. The minimum Gasteiger partial charge on any atom is -0.310 e. The van der Waals surface area contributed by atoms with Gasteiger partial charge in [-0.15, -0.1) is 16.0 Å². The van der Waals surface area contributed by atoms with Crippen LogP contribution in [0.25, 0.3) is 16.0 Å². The number of hydrogen-bond acceptors (Lipinski definition) is 3. The van der Waals surface area contributed by atoms with Gasteiger partial charge in [-0.3, -0.25) is 0 Å². The van der Waals surface area contributed by atoms with E-state index in [0.717, 1.165) is 16.1 Å². The maximum atomic E-state index is 12.1. The van der Waals surface area contributed by atoms with Crippen molar-refractivity contribution in [3.8, 4) is 11.1 Å². The van der Waals surface area contributed by atoms with E-state index in [2.05, 4.69) is 57.3 Å². The van der Waals surface area contributed by atoms with Crippen molar-refractivity contribution >= 4 is 22.1 Å². The molecule has 0 aliphatic heterocycles. The van der Waals surface area contributed by atoms with Crippen LogP contribution in [0.5, 0.6) is 0 Å². The van der Waals surface area contributed by atoms with E-state index in [0.29, 0.717) is 0 Å². The average Bonchev–Trinajstić information content (AvgIpc) is 3.07. The van der Waals surface area contributed by atoms with Crippen LogP contribution in [-0.4, -0.2) is 34.3 Å². The molecule has 0 aliphatic carbocycles. The van der Waals surface area contributed by atoms with Gasteiger partial charge in [0.2, 0.25) is 0 Å². The van der Waals surface area contributed by atoms with E-state index in [4.69, 9.17) is 0 Å². The molecule has 0 aliphatic rings. The minimum absolute atomic E-state index is 0.141. The molecular formula is C20H25N2O2S+. The quantitative estimate of drug-likeness (QED) is 0.426. The maximum absolute atomic E-state index is 12.1. The molecule has 3 aromatic rings. The topological polar surface area (TPSA) is 41.7 Å². The molecule has 2 heterocycles. The van der Waals surface area contributed by atoms with Crippen LogP contribution < -0.4 is 0 Å². The van der Waals surface area contributed by atoms with Crippen molar-refractivity contribution in [1.29, 1.82) is 0 Å². The lowest BCUT2D eigenvalue weighted by Crippen LogP contribution is -2.43. The Bertz CT molecular complexity index is 906. The number of aromatic nitrogens is 1. The third-order valence-corrected chi connectivity index (χ3v) is 5.38. The van der Waals surface area contributed by atoms with Crippen molar-refractivity contribution < 1.29 is 14.6 Å². The summed E-state index contributed by atoms with van der Waals surface area (Å²) in [5.74, 6) is -0.232. The second-order valence-electron chi connectivity index (χ2n) is 7.96. The van der Waals surface area contributed by atoms with E-state index in [9.17, 15) is 10.0 Å². The summed E-state index contributed by atoms with van der Waals surface area (Å²) < 4.78 is 1.39. The summed E-state index contributed by atoms with van der Waals surface area (Å²) in [6, 6.07) is 10.8. The van der Waals surface area contributed by atoms with Crippen LogP contribution in [0.4, 0.5) is 0 Å². The molecule has 1 aromatic carbocycles. The molecule has 3 rings (SSSR count). The van der Waals surface area contributed by atoms with E-state index in [-0.39, 0.29) is 17.7 Å². The van der Waals surface area contributed by atoms with Gasteiger partial charge in [0.25, 0.3) is 0 Å². The first-order valence-corrected chi connectivity index (χ1v) is 9.23. The number of rotatable bonds is 3. The first kappa shape index (κ1) is 17.9. The lowest BCUT2D eigenvalue weighted by molar-refractivity contribution is -1.01. The molecule has 2 aromatic heterocycles. The Hall–Kier alpha value is -1.95. The van der Waals surface area contributed by atoms with Gasteiger partial charge in [0.05, 0.1) is 4.83 Å². The summed E-state index contributed by atoms with van der Waals surface area (Å²) in [5, 5.41) is 11.8. The van der Waals surface area contributed by atoms with Gasteiger partial charge in [-0.05, 0) is 22.6 Å². The molecule has 0 spiro atoms. The lowest BCUT2D eigenvalue weighted by Gasteiger charge is -2.19. The molecule has 0 radical (unpaired) electrons. The number of benzene rings is 1. The predicted molar refractivity (Wildman–Crippen MR) is 102 cm³/mol. The zero-order valence-electron chi connectivity index (χ0n) is 15.4. The predicted octanol–water partition coefficient (Wildman–Crippen LogP) is 4.50. The summed E-state index contributed by atoms with van der Waals surface area (Å²) in [5.41, 5.74) is 4.66. The van der Waals surface area contributed by atoms with Gasteiger partial charge in [-0.2, -0.15) is 0 Å². The molecule has 25 heavy (non-hydrogen) atoms. The minimum atomic E-state index is -0.653. The summed E-state index contributed by atoms with van der Waals surface area (Å²) in [7, 11) is 2.95. The van der Waals surface area contributed by atoms with E-state index in [1.165, 1.54) is 25.2 Å². The number of hydrogen-bond donors (Lipinski definition) is 1. The number of hydroxylamine groups is 3. The van der Waals surface area contributed by atoms with Gasteiger partial charge in [-0.25, -0.2) is 10.0 Å². The van der Waals surface area contributed by atoms with E-state index in [1.54, 1.807) is 11.3 Å². The van der Waals surface area contributed by atoms with Crippen LogP contribution in [-0.2, 0) is 16.6 Å². The van der Waals surface area contributed by atoms with E-state index in [1.807, 2.05) is 9.78 Å². The Balaban J connectivity index is 1.91. The SMILES string of the molecule is CC(C)(C)c1ccc(-c2cc3scc(CC(=O)[N+](C)(C)O)n3c2)cc1. The molecule has 0 atom stereocenters. The Labute approximate surface area is 152 Å². The number of nitrogens with zero attached hydrogens (tertiary/aromatic N) is 2. The highest BCUT2D eigenvalue weighted by Gasteiger charge is 2.25. The molecule has 132 valence electrons. The number of quaternary nitrogens is 1. The number of thiazole rings is 1. The molecule has 0 unspecified atom stereocenters. The first-order valence-electron chi connectivity index (χ1n) is 8.35. The normalized spacial score (nSPS) is 12.7. The number of likely N-dealkylation sites (N-methyl/N-ethyl adjacent to an activating group) is 1. The molecule has 5 heteroatoms. The van der Waals surface area contributed by atoms with Gasteiger partial charge in [0, 0.05) is 22.8 Å². The van der Waals surface area contributed by atoms with E-state index >= 15 is 0 Å².